The fourth-order valence-electron chi connectivity index (χ4n) is 1.55. The Balaban J connectivity index is 3.38. The zero-order valence-corrected chi connectivity index (χ0v) is 9.38. The molecular weight excluding hydrogens is 178 g/mol. The summed E-state index contributed by atoms with van der Waals surface area (Å²) >= 11 is 0. The van der Waals surface area contributed by atoms with Gasteiger partial charge in [0.2, 0.25) is 0 Å². The van der Waals surface area contributed by atoms with Crippen molar-refractivity contribution >= 4 is 5.97 Å². The van der Waals surface area contributed by atoms with Gasteiger partial charge in [0.1, 0.15) is 0 Å². The number of aliphatic carboxylic acids is 1. The van der Waals surface area contributed by atoms with Crippen molar-refractivity contribution in [1.82, 2.24) is 5.32 Å². The van der Waals surface area contributed by atoms with Crippen molar-refractivity contribution in [3.63, 3.8) is 0 Å². The van der Waals surface area contributed by atoms with Gasteiger partial charge in [0.15, 0.2) is 0 Å². The van der Waals surface area contributed by atoms with Crippen LogP contribution in [0.25, 0.3) is 0 Å². The Kier molecular flexibility index (Phi) is 8.64. The Bertz CT molecular complexity index is 148. The van der Waals surface area contributed by atoms with E-state index in [9.17, 15) is 4.79 Å². The highest BCUT2D eigenvalue weighted by atomic mass is 16.4. The Morgan fingerprint density at radius 3 is 2.43 bits per heavy atom. The van der Waals surface area contributed by atoms with Gasteiger partial charge in [-0.25, -0.2) is 0 Å². The van der Waals surface area contributed by atoms with Gasteiger partial charge < -0.3 is 10.4 Å². The molecule has 0 bridgehead atoms. The Hall–Kier alpha value is -0.570. The Labute approximate surface area is 86.9 Å². The van der Waals surface area contributed by atoms with Crippen LogP contribution in [0.1, 0.15) is 51.9 Å². The standard InChI is InChI=1S/C11H23NO2/c1-3-4-5-6-7-8-10(12-2)9-11(13)14/h10,12H,3-9H2,1-2H3,(H,13,14). The van der Waals surface area contributed by atoms with Crippen LogP contribution in [0.15, 0.2) is 0 Å². The van der Waals surface area contributed by atoms with Crippen molar-refractivity contribution in [2.24, 2.45) is 0 Å². The first-order chi connectivity index (χ1) is 6.70. The van der Waals surface area contributed by atoms with Gasteiger partial charge in [-0.15, -0.1) is 0 Å². The number of unbranched alkanes of at least 4 members (excludes halogenated alkanes) is 4. The monoisotopic (exact) mass is 201 g/mol. The minimum absolute atomic E-state index is 0.147. The molecule has 3 heteroatoms. The average molecular weight is 201 g/mol. The van der Waals surface area contributed by atoms with Gasteiger partial charge in [-0.3, -0.25) is 4.79 Å². The predicted octanol–water partition coefficient (Wildman–Crippen LogP) is 2.41. The third-order valence-electron chi connectivity index (χ3n) is 2.49. The fourth-order valence-corrected chi connectivity index (χ4v) is 1.55. The van der Waals surface area contributed by atoms with E-state index < -0.39 is 5.97 Å². The summed E-state index contributed by atoms with van der Waals surface area (Å²) in [5.74, 6) is -0.710. The first-order valence-electron chi connectivity index (χ1n) is 5.59. The van der Waals surface area contributed by atoms with Crippen LogP contribution in [0, 0.1) is 0 Å². The van der Waals surface area contributed by atoms with E-state index in [1.54, 1.807) is 0 Å². The number of hydrogen-bond acceptors (Lipinski definition) is 2. The van der Waals surface area contributed by atoms with Gasteiger partial charge in [-0.2, -0.15) is 0 Å². The topological polar surface area (TPSA) is 49.3 Å². The number of nitrogens with one attached hydrogen (secondary N) is 1. The molecule has 0 saturated carbocycles. The van der Waals surface area contributed by atoms with Crippen LogP contribution in [0.2, 0.25) is 0 Å². The summed E-state index contributed by atoms with van der Waals surface area (Å²) in [5, 5.41) is 11.7. The summed E-state index contributed by atoms with van der Waals surface area (Å²) in [7, 11) is 1.83. The smallest absolute Gasteiger partial charge is 0.304 e. The molecule has 0 aromatic carbocycles. The third kappa shape index (κ3) is 8.05. The number of rotatable bonds is 9. The third-order valence-corrected chi connectivity index (χ3v) is 2.49. The molecule has 0 aliphatic carbocycles. The molecule has 2 N–H and O–H groups in total. The summed E-state index contributed by atoms with van der Waals surface area (Å²) in [5.41, 5.74) is 0. The second kappa shape index (κ2) is 9.00. The summed E-state index contributed by atoms with van der Waals surface area (Å²) in [6.07, 6.45) is 7.41. The summed E-state index contributed by atoms with van der Waals surface area (Å²) in [6, 6.07) is 0.147. The molecule has 0 aliphatic rings. The summed E-state index contributed by atoms with van der Waals surface area (Å²) in [4.78, 5) is 10.5. The van der Waals surface area contributed by atoms with Gasteiger partial charge >= 0.3 is 5.97 Å². The molecule has 0 aromatic rings. The number of carbonyl (C=O) groups is 1. The van der Waals surface area contributed by atoms with Gasteiger partial charge in [0, 0.05) is 6.04 Å². The molecule has 0 saturated heterocycles. The number of hydrogen-bond donors (Lipinski definition) is 2. The summed E-state index contributed by atoms with van der Waals surface area (Å²) < 4.78 is 0. The van der Waals surface area contributed by atoms with Crippen molar-refractivity contribution < 1.29 is 9.90 Å². The van der Waals surface area contributed by atoms with E-state index in [1.807, 2.05) is 7.05 Å². The minimum atomic E-state index is -0.710. The maximum Gasteiger partial charge on any atom is 0.304 e. The lowest BCUT2D eigenvalue weighted by Gasteiger charge is -2.13. The molecule has 0 aromatic heterocycles. The molecule has 0 rings (SSSR count). The highest BCUT2D eigenvalue weighted by molar-refractivity contribution is 5.67. The Morgan fingerprint density at radius 2 is 1.93 bits per heavy atom. The van der Waals surface area contributed by atoms with Crippen LogP contribution in [-0.4, -0.2) is 24.2 Å². The predicted molar refractivity (Wildman–Crippen MR) is 58.5 cm³/mol. The zero-order valence-electron chi connectivity index (χ0n) is 9.38. The van der Waals surface area contributed by atoms with E-state index in [0.717, 1.165) is 12.8 Å². The molecule has 84 valence electrons. The highest BCUT2D eigenvalue weighted by Crippen LogP contribution is 2.08. The molecule has 1 unspecified atom stereocenters. The molecule has 0 fully saturated rings. The van der Waals surface area contributed by atoms with E-state index in [4.69, 9.17) is 5.11 Å². The molecule has 3 nitrogen and oxygen atoms in total. The van der Waals surface area contributed by atoms with Crippen molar-refractivity contribution in [1.29, 1.82) is 0 Å². The van der Waals surface area contributed by atoms with Gasteiger partial charge in [-0.05, 0) is 13.5 Å². The van der Waals surface area contributed by atoms with Crippen molar-refractivity contribution in [2.45, 2.75) is 57.9 Å². The van der Waals surface area contributed by atoms with Crippen LogP contribution >= 0.6 is 0 Å². The van der Waals surface area contributed by atoms with Gasteiger partial charge in [-0.1, -0.05) is 39.0 Å². The summed E-state index contributed by atoms with van der Waals surface area (Å²) in [6.45, 7) is 2.20. The van der Waals surface area contributed by atoms with Gasteiger partial charge in [0.25, 0.3) is 0 Å². The fraction of sp³-hybridized carbons (Fsp3) is 0.909. The molecule has 0 amide bonds. The second-order valence-corrected chi connectivity index (χ2v) is 3.79. The van der Waals surface area contributed by atoms with Crippen LogP contribution in [0.3, 0.4) is 0 Å². The molecule has 0 heterocycles. The van der Waals surface area contributed by atoms with E-state index in [1.165, 1.54) is 25.7 Å². The first-order valence-corrected chi connectivity index (χ1v) is 5.59. The number of carboxylic acids is 1. The van der Waals surface area contributed by atoms with E-state index in [0.29, 0.717) is 0 Å². The molecule has 1 atom stereocenters. The van der Waals surface area contributed by atoms with E-state index in [-0.39, 0.29) is 12.5 Å². The normalized spacial score (nSPS) is 12.7. The lowest BCUT2D eigenvalue weighted by Crippen LogP contribution is -2.27. The minimum Gasteiger partial charge on any atom is -0.481 e. The van der Waals surface area contributed by atoms with Crippen LogP contribution in [0.5, 0.6) is 0 Å². The first kappa shape index (κ1) is 13.4. The average Bonchev–Trinajstić information content (AvgIpc) is 2.15. The van der Waals surface area contributed by atoms with Gasteiger partial charge in [0.05, 0.1) is 6.42 Å². The Morgan fingerprint density at radius 1 is 1.29 bits per heavy atom. The van der Waals surface area contributed by atoms with Crippen molar-refractivity contribution in [3.8, 4) is 0 Å². The maximum atomic E-state index is 10.5. The van der Waals surface area contributed by atoms with E-state index in [2.05, 4.69) is 12.2 Å². The second-order valence-electron chi connectivity index (χ2n) is 3.79. The lowest BCUT2D eigenvalue weighted by atomic mass is 10.0. The molecular formula is C11H23NO2. The molecule has 0 radical (unpaired) electrons. The molecule has 0 aliphatic heterocycles. The number of carboxylic acid groups (broad SMARTS) is 1. The van der Waals surface area contributed by atoms with Crippen molar-refractivity contribution in [2.75, 3.05) is 7.05 Å². The maximum absolute atomic E-state index is 10.5. The molecule has 0 spiro atoms. The van der Waals surface area contributed by atoms with Crippen LogP contribution < -0.4 is 5.32 Å². The van der Waals surface area contributed by atoms with E-state index >= 15 is 0 Å². The highest BCUT2D eigenvalue weighted by Gasteiger charge is 2.09. The zero-order chi connectivity index (χ0) is 10.8. The largest absolute Gasteiger partial charge is 0.481 e. The van der Waals surface area contributed by atoms with Crippen LogP contribution in [-0.2, 0) is 4.79 Å². The van der Waals surface area contributed by atoms with Crippen LogP contribution in [0.4, 0.5) is 0 Å². The SMILES string of the molecule is CCCCCCCC(CC(=O)O)NC. The lowest BCUT2D eigenvalue weighted by molar-refractivity contribution is -0.137. The molecule has 14 heavy (non-hydrogen) atoms. The van der Waals surface area contributed by atoms with Crippen molar-refractivity contribution in [3.05, 3.63) is 0 Å². The quantitative estimate of drug-likeness (QED) is 0.563.